The predicted molar refractivity (Wildman–Crippen MR) is 95.2 cm³/mol. The Morgan fingerprint density at radius 3 is 2.38 bits per heavy atom. The first-order valence-corrected chi connectivity index (χ1v) is 7.80. The van der Waals surface area contributed by atoms with Crippen LogP contribution in [0.3, 0.4) is 0 Å². The van der Waals surface area contributed by atoms with Gasteiger partial charge >= 0.3 is 0 Å². The van der Waals surface area contributed by atoms with E-state index in [0.717, 1.165) is 26.0 Å². The van der Waals surface area contributed by atoms with E-state index < -0.39 is 0 Å². The second-order valence-corrected chi connectivity index (χ2v) is 5.89. The average molecular weight is 382 g/mol. The Morgan fingerprint density at radius 2 is 1.48 bits per heavy atom. The van der Waals surface area contributed by atoms with E-state index in [2.05, 4.69) is 81.1 Å². The van der Waals surface area contributed by atoms with Crippen LogP contribution in [0.4, 0.5) is 0 Å². The van der Waals surface area contributed by atoms with E-state index in [1.54, 1.807) is 0 Å². The van der Waals surface area contributed by atoms with E-state index in [-0.39, 0.29) is 0 Å². The van der Waals surface area contributed by atoms with E-state index in [9.17, 15) is 0 Å². The smallest absolute Gasteiger partial charge is 0.191 e. The van der Waals surface area contributed by atoms with Gasteiger partial charge in [-0.1, -0.05) is 54.6 Å². The summed E-state index contributed by atoms with van der Waals surface area (Å²) < 4.78 is 0.773. The Labute approximate surface area is 136 Å². The summed E-state index contributed by atoms with van der Waals surface area (Å²) in [5, 5.41) is 3.57. The minimum absolute atomic E-state index is 0.773. The van der Waals surface area contributed by atoms with Gasteiger partial charge in [-0.25, -0.2) is 9.97 Å². The van der Waals surface area contributed by atoms with Crippen LogP contribution in [0.2, 0.25) is 0 Å². The zero-order valence-corrected chi connectivity index (χ0v) is 13.3. The molecule has 0 aliphatic rings. The summed E-state index contributed by atoms with van der Waals surface area (Å²) in [4.78, 5) is 9.15. The van der Waals surface area contributed by atoms with Crippen LogP contribution in [0.15, 0.2) is 66.7 Å². The first kappa shape index (κ1) is 12.7. The van der Waals surface area contributed by atoms with E-state index in [1.165, 1.54) is 10.8 Å². The van der Waals surface area contributed by atoms with Crippen LogP contribution in [0.1, 0.15) is 0 Å². The molecule has 0 amide bonds. The Morgan fingerprint density at radius 1 is 0.714 bits per heavy atom. The van der Waals surface area contributed by atoms with Gasteiger partial charge in [-0.15, -0.1) is 0 Å². The molecule has 0 fully saturated rings. The lowest BCUT2D eigenvalue weighted by atomic mass is 10.0. The molecule has 3 heteroatoms. The van der Waals surface area contributed by atoms with E-state index >= 15 is 0 Å². The predicted octanol–water partition coefficient (Wildman–Crippen LogP) is 5.05. The molecule has 0 radical (unpaired) electrons. The van der Waals surface area contributed by atoms with Crippen molar-refractivity contribution in [2.24, 2.45) is 0 Å². The van der Waals surface area contributed by atoms with Gasteiger partial charge in [-0.3, -0.25) is 0 Å². The minimum atomic E-state index is 0.773. The van der Waals surface area contributed by atoms with Crippen LogP contribution < -0.4 is 0 Å². The van der Waals surface area contributed by atoms with Gasteiger partial charge in [0.15, 0.2) is 3.83 Å². The number of nitrogens with zero attached hydrogens (tertiary/aromatic N) is 2. The van der Waals surface area contributed by atoms with Crippen LogP contribution in [-0.2, 0) is 0 Å². The molecule has 2 nitrogen and oxygen atoms in total. The van der Waals surface area contributed by atoms with Crippen molar-refractivity contribution in [1.82, 2.24) is 9.97 Å². The summed E-state index contributed by atoms with van der Waals surface area (Å²) in [7, 11) is 0. The molecule has 3 aromatic carbocycles. The van der Waals surface area contributed by atoms with Crippen molar-refractivity contribution in [1.29, 1.82) is 0 Å². The molecule has 0 aliphatic heterocycles. The van der Waals surface area contributed by atoms with Crippen molar-refractivity contribution in [2.45, 2.75) is 0 Å². The zero-order chi connectivity index (χ0) is 14.2. The number of hydrogen-bond acceptors (Lipinski definition) is 2. The van der Waals surface area contributed by atoms with E-state index in [1.807, 2.05) is 18.2 Å². The van der Waals surface area contributed by atoms with Gasteiger partial charge in [0, 0.05) is 33.5 Å². The maximum Gasteiger partial charge on any atom is 0.191 e. The third kappa shape index (κ3) is 2.27. The maximum absolute atomic E-state index is 4.65. The first-order valence-electron chi connectivity index (χ1n) is 6.73. The van der Waals surface area contributed by atoms with Gasteiger partial charge in [0.25, 0.3) is 0 Å². The molecule has 0 bridgehead atoms. The first-order chi connectivity index (χ1) is 10.3. The molecule has 1 aromatic heterocycles. The Bertz CT molecular complexity index is 963. The van der Waals surface area contributed by atoms with E-state index in [4.69, 9.17) is 0 Å². The molecule has 4 aromatic rings. The summed E-state index contributed by atoms with van der Waals surface area (Å²) in [6, 6.07) is 23.0. The molecule has 0 aliphatic carbocycles. The van der Waals surface area contributed by atoms with Crippen LogP contribution >= 0.6 is 22.6 Å². The molecule has 4 rings (SSSR count). The van der Waals surface area contributed by atoms with Gasteiger partial charge in [0.1, 0.15) is 0 Å². The number of aromatic nitrogens is 2. The van der Waals surface area contributed by atoms with Crippen molar-refractivity contribution >= 4 is 44.3 Å². The fourth-order valence-corrected chi connectivity index (χ4v) is 3.11. The normalized spacial score (nSPS) is 11.1. The van der Waals surface area contributed by atoms with Crippen LogP contribution in [-0.4, -0.2) is 9.97 Å². The van der Waals surface area contributed by atoms with Crippen molar-refractivity contribution < 1.29 is 0 Å². The highest BCUT2D eigenvalue weighted by molar-refractivity contribution is 14.1. The third-order valence-electron chi connectivity index (χ3n) is 3.60. The largest absolute Gasteiger partial charge is 0.223 e. The van der Waals surface area contributed by atoms with Gasteiger partial charge in [0.05, 0.1) is 11.2 Å². The molecule has 0 N–H and O–H groups in total. The number of para-hydroxylation sites is 1. The number of benzene rings is 3. The molecule has 0 unspecified atom stereocenters. The summed E-state index contributed by atoms with van der Waals surface area (Å²) in [6.45, 7) is 0. The number of halogens is 1. The summed E-state index contributed by atoms with van der Waals surface area (Å²) in [5.74, 6) is 0. The van der Waals surface area contributed by atoms with Crippen LogP contribution in [0.5, 0.6) is 0 Å². The van der Waals surface area contributed by atoms with Gasteiger partial charge in [0.2, 0.25) is 0 Å². The third-order valence-corrected chi connectivity index (χ3v) is 4.08. The fourth-order valence-electron chi connectivity index (χ4n) is 2.60. The summed E-state index contributed by atoms with van der Waals surface area (Å²) in [6.07, 6.45) is 0. The monoisotopic (exact) mass is 382 g/mol. The SMILES string of the molecule is Ic1nc(-c2ccc3ccccc3c2)c2ccccc2n1. The Hall–Kier alpha value is -2.01. The quantitative estimate of drug-likeness (QED) is 0.340. The van der Waals surface area contributed by atoms with Crippen LogP contribution in [0.25, 0.3) is 32.9 Å². The molecule has 0 spiro atoms. The number of fused-ring (bicyclic) bond motifs is 2. The molecule has 1 heterocycles. The fraction of sp³-hybridized carbons (Fsp3) is 0. The molecular weight excluding hydrogens is 371 g/mol. The highest BCUT2D eigenvalue weighted by Gasteiger charge is 2.08. The Balaban J connectivity index is 2.03. The molecular formula is C18H11IN2. The number of hydrogen-bond donors (Lipinski definition) is 0. The lowest BCUT2D eigenvalue weighted by Gasteiger charge is -2.07. The highest BCUT2D eigenvalue weighted by Crippen LogP contribution is 2.28. The summed E-state index contributed by atoms with van der Waals surface area (Å²) in [5.41, 5.74) is 3.11. The standard InChI is InChI=1S/C18H11IN2/c19-18-20-16-8-4-3-7-15(16)17(21-18)14-10-9-12-5-1-2-6-13(12)11-14/h1-11H. The van der Waals surface area contributed by atoms with Crippen molar-refractivity contribution in [3.63, 3.8) is 0 Å². The number of rotatable bonds is 1. The lowest BCUT2D eigenvalue weighted by molar-refractivity contribution is 1.16. The molecule has 21 heavy (non-hydrogen) atoms. The minimum Gasteiger partial charge on any atom is -0.223 e. The average Bonchev–Trinajstić information content (AvgIpc) is 2.53. The second-order valence-electron chi connectivity index (χ2n) is 4.92. The molecule has 0 atom stereocenters. The topological polar surface area (TPSA) is 25.8 Å². The van der Waals surface area contributed by atoms with Crippen molar-refractivity contribution in [3.05, 3.63) is 70.6 Å². The van der Waals surface area contributed by atoms with Crippen molar-refractivity contribution in [2.75, 3.05) is 0 Å². The van der Waals surface area contributed by atoms with Crippen molar-refractivity contribution in [3.8, 4) is 11.3 Å². The van der Waals surface area contributed by atoms with Gasteiger partial charge in [-0.05, 0) is 22.9 Å². The van der Waals surface area contributed by atoms with Crippen LogP contribution in [0, 0.1) is 3.83 Å². The summed E-state index contributed by atoms with van der Waals surface area (Å²) >= 11 is 2.18. The molecule has 0 saturated carbocycles. The second kappa shape index (κ2) is 5.07. The molecule has 0 saturated heterocycles. The lowest BCUT2D eigenvalue weighted by Crippen LogP contribution is -1.93. The maximum atomic E-state index is 4.65. The van der Waals surface area contributed by atoms with E-state index in [0.29, 0.717) is 0 Å². The zero-order valence-electron chi connectivity index (χ0n) is 11.1. The van der Waals surface area contributed by atoms with Gasteiger partial charge < -0.3 is 0 Å². The molecule has 100 valence electrons. The van der Waals surface area contributed by atoms with Gasteiger partial charge in [-0.2, -0.15) is 0 Å². The highest BCUT2D eigenvalue weighted by atomic mass is 127. The Kier molecular flexibility index (Phi) is 3.07.